The lowest BCUT2D eigenvalue weighted by Gasteiger charge is -2.37. The molecule has 1 aromatic rings. The van der Waals surface area contributed by atoms with Gasteiger partial charge in [-0.1, -0.05) is 33.8 Å². The molecular weight excluding hydrogens is 263 g/mol. The SMILES string of the molecule is CCCNC(C)c1ccc(N(C)C(C)C(C)(C)C)c(F)c1. The highest BCUT2D eigenvalue weighted by molar-refractivity contribution is 5.50. The van der Waals surface area contributed by atoms with Crippen molar-refractivity contribution in [1.82, 2.24) is 5.32 Å². The van der Waals surface area contributed by atoms with Crippen molar-refractivity contribution in [2.24, 2.45) is 5.41 Å². The Morgan fingerprint density at radius 3 is 2.33 bits per heavy atom. The molecule has 0 aromatic heterocycles. The summed E-state index contributed by atoms with van der Waals surface area (Å²) in [5, 5.41) is 3.39. The summed E-state index contributed by atoms with van der Waals surface area (Å²) in [4.78, 5) is 2.03. The number of hydrogen-bond acceptors (Lipinski definition) is 2. The number of hydrogen-bond donors (Lipinski definition) is 1. The maximum Gasteiger partial charge on any atom is 0.146 e. The van der Waals surface area contributed by atoms with Crippen LogP contribution in [0.3, 0.4) is 0 Å². The molecule has 2 unspecified atom stereocenters. The van der Waals surface area contributed by atoms with Gasteiger partial charge in [-0.25, -0.2) is 4.39 Å². The highest BCUT2D eigenvalue weighted by Gasteiger charge is 2.25. The molecule has 0 bridgehead atoms. The summed E-state index contributed by atoms with van der Waals surface area (Å²) in [7, 11) is 1.97. The van der Waals surface area contributed by atoms with Crippen LogP contribution in [0.4, 0.5) is 10.1 Å². The van der Waals surface area contributed by atoms with Crippen LogP contribution < -0.4 is 10.2 Å². The van der Waals surface area contributed by atoms with Crippen molar-refractivity contribution < 1.29 is 4.39 Å². The molecule has 1 N–H and O–H groups in total. The molecule has 120 valence electrons. The maximum absolute atomic E-state index is 14.5. The first kappa shape index (κ1) is 18.0. The van der Waals surface area contributed by atoms with E-state index < -0.39 is 0 Å². The van der Waals surface area contributed by atoms with E-state index in [4.69, 9.17) is 0 Å². The quantitative estimate of drug-likeness (QED) is 0.814. The highest BCUT2D eigenvalue weighted by Crippen LogP contribution is 2.30. The fourth-order valence-corrected chi connectivity index (χ4v) is 2.35. The lowest BCUT2D eigenvalue weighted by molar-refractivity contribution is 0.328. The molecule has 0 amide bonds. The van der Waals surface area contributed by atoms with E-state index in [1.807, 2.05) is 24.1 Å². The van der Waals surface area contributed by atoms with Crippen molar-refractivity contribution in [1.29, 1.82) is 0 Å². The van der Waals surface area contributed by atoms with Crippen LogP contribution in [0, 0.1) is 11.2 Å². The molecule has 2 atom stereocenters. The lowest BCUT2D eigenvalue weighted by atomic mass is 9.87. The molecule has 0 radical (unpaired) electrons. The molecule has 0 aliphatic heterocycles. The maximum atomic E-state index is 14.5. The topological polar surface area (TPSA) is 15.3 Å². The molecule has 0 saturated carbocycles. The summed E-state index contributed by atoms with van der Waals surface area (Å²) in [6.45, 7) is 13.8. The zero-order valence-corrected chi connectivity index (χ0v) is 14.6. The van der Waals surface area contributed by atoms with E-state index in [0.717, 1.165) is 18.5 Å². The fraction of sp³-hybridized carbons (Fsp3) is 0.667. The Bertz CT molecular complexity index is 451. The van der Waals surface area contributed by atoms with Crippen molar-refractivity contribution in [3.63, 3.8) is 0 Å². The monoisotopic (exact) mass is 294 g/mol. The first-order valence-corrected chi connectivity index (χ1v) is 7.94. The molecule has 3 heteroatoms. The highest BCUT2D eigenvalue weighted by atomic mass is 19.1. The lowest BCUT2D eigenvalue weighted by Crippen LogP contribution is -2.39. The first-order valence-electron chi connectivity index (χ1n) is 7.94. The van der Waals surface area contributed by atoms with E-state index >= 15 is 0 Å². The largest absolute Gasteiger partial charge is 0.369 e. The Labute approximate surface area is 129 Å². The standard InChI is InChI=1S/C18H31FN2/c1-8-11-20-13(2)15-9-10-17(16(19)12-15)21(7)14(3)18(4,5)6/h9-10,12-14,20H,8,11H2,1-7H3. The summed E-state index contributed by atoms with van der Waals surface area (Å²) in [6.07, 6.45) is 1.08. The van der Waals surface area contributed by atoms with Crippen molar-refractivity contribution in [2.75, 3.05) is 18.5 Å². The Kier molecular flexibility index (Phi) is 6.21. The average molecular weight is 294 g/mol. The Balaban J connectivity index is 2.92. The van der Waals surface area contributed by atoms with E-state index in [1.54, 1.807) is 6.07 Å². The molecule has 1 aromatic carbocycles. The summed E-state index contributed by atoms with van der Waals surface area (Å²) < 4.78 is 14.5. The van der Waals surface area contributed by atoms with Crippen LogP contribution in [0.25, 0.3) is 0 Å². The molecule has 0 spiro atoms. The number of anilines is 1. The second-order valence-corrected chi connectivity index (χ2v) is 7.04. The van der Waals surface area contributed by atoms with Gasteiger partial charge in [0.1, 0.15) is 5.82 Å². The smallest absolute Gasteiger partial charge is 0.146 e. The van der Waals surface area contributed by atoms with E-state index in [0.29, 0.717) is 5.69 Å². The van der Waals surface area contributed by atoms with Crippen LogP contribution in [-0.2, 0) is 0 Å². The van der Waals surface area contributed by atoms with Gasteiger partial charge in [0, 0.05) is 19.1 Å². The molecule has 0 aliphatic rings. The third-order valence-corrected chi connectivity index (χ3v) is 4.39. The van der Waals surface area contributed by atoms with Crippen LogP contribution in [0.5, 0.6) is 0 Å². The Morgan fingerprint density at radius 2 is 1.86 bits per heavy atom. The minimum Gasteiger partial charge on any atom is -0.369 e. The third kappa shape index (κ3) is 4.70. The van der Waals surface area contributed by atoms with E-state index in [1.165, 1.54) is 0 Å². The van der Waals surface area contributed by atoms with Gasteiger partial charge in [-0.15, -0.1) is 0 Å². The number of nitrogens with zero attached hydrogens (tertiary/aromatic N) is 1. The van der Waals surface area contributed by atoms with Crippen molar-refractivity contribution in [3.8, 4) is 0 Å². The molecule has 2 nitrogen and oxygen atoms in total. The van der Waals surface area contributed by atoms with Gasteiger partial charge in [-0.3, -0.25) is 0 Å². The van der Waals surface area contributed by atoms with Crippen molar-refractivity contribution >= 4 is 5.69 Å². The minimum absolute atomic E-state index is 0.107. The van der Waals surface area contributed by atoms with Gasteiger partial charge in [0.2, 0.25) is 0 Å². The molecule has 21 heavy (non-hydrogen) atoms. The molecule has 0 aliphatic carbocycles. The van der Waals surface area contributed by atoms with Gasteiger partial charge in [0.15, 0.2) is 0 Å². The van der Waals surface area contributed by atoms with Gasteiger partial charge < -0.3 is 10.2 Å². The zero-order valence-electron chi connectivity index (χ0n) is 14.6. The molecule has 0 saturated heterocycles. The van der Waals surface area contributed by atoms with E-state index in [-0.39, 0.29) is 23.3 Å². The summed E-state index contributed by atoms with van der Waals surface area (Å²) >= 11 is 0. The van der Waals surface area contributed by atoms with Crippen LogP contribution in [0.2, 0.25) is 0 Å². The van der Waals surface area contributed by atoms with Gasteiger partial charge in [-0.2, -0.15) is 0 Å². The molecular formula is C18H31FN2. The molecule has 0 heterocycles. The minimum atomic E-state index is -0.142. The van der Waals surface area contributed by atoms with E-state index in [9.17, 15) is 4.39 Å². The Hall–Kier alpha value is -1.09. The van der Waals surface area contributed by atoms with Crippen molar-refractivity contribution in [3.05, 3.63) is 29.6 Å². The van der Waals surface area contributed by atoms with Gasteiger partial charge >= 0.3 is 0 Å². The zero-order chi connectivity index (χ0) is 16.2. The number of benzene rings is 1. The average Bonchev–Trinajstić information content (AvgIpc) is 2.42. The predicted octanol–water partition coefficient (Wildman–Crippen LogP) is 4.76. The van der Waals surface area contributed by atoms with Gasteiger partial charge in [0.25, 0.3) is 0 Å². The summed E-state index contributed by atoms with van der Waals surface area (Å²) in [5.41, 5.74) is 1.78. The second-order valence-electron chi connectivity index (χ2n) is 7.04. The third-order valence-electron chi connectivity index (χ3n) is 4.39. The molecule has 1 rings (SSSR count). The second kappa shape index (κ2) is 7.26. The van der Waals surface area contributed by atoms with Crippen molar-refractivity contribution in [2.45, 2.75) is 60.0 Å². The van der Waals surface area contributed by atoms with Gasteiger partial charge in [0.05, 0.1) is 5.69 Å². The first-order chi connectivity index (χ1) is 9.68. The summed E-state index contributed by atoms with van der Waals surface area (Å²) in [6, 6.07) is 6.02. The van der Waals surface area contributed by atoms with Crippen LogP contribution in [0.1, 0.15) is 59.6 Å². The Morgan fingerprint density at radius 1 is 1.24 bits per heavy atom. The fourth-order valence-electron chi connectivity index (χ4n) is 2.35. The predicted molar refractivity (Wildman–Crippen MR) is 90.4 cm³/mol. The van der Waals surface area contributed by atoms with Crippen LogP contribution in [-0.4, -0.2) is 19.6 Å². The molecule has 0 fully saturated rings. The van der Waals surface area contributed by atoms with Crippen LogP contribution >= 0.6 is 0 Å². The van der Waals surface area contributed by atoms with Gasteiger partial charge in [-0.05, 0) is 49.9 Å². The number of nitrogens with one attached hydrogen (secondary N) is 1. The number of rotatable bonds is 6. The summed E-state index contributed by atoms with van der Waals surface area (Å²) in [5.74, 6) is -0.142. The number of halogens is 1. The normalized spacial score (nSPS) is 14.9. The van der Waals surface area contributed by atoms with Crippen LogP contribution in [0.15, 0.2) is 18.2 Å². The van der Waals surface area contributed by atoms with E-state index in [2.05, 4.69) is 46.9 Å².